The van der Waals surface area contributed by atoms with Crippen molar-refractivity contribution in [1.29, 1.82) is 0 Å². The highest BCUT2D eigenvalue weighted by Gasteiger charge is 2.25. The molecule has 0 radical (unpaired) electrons. The van der Waals surface area contributed by atoms with E-state index in [1.807, 2.05) is 54.6 Å². The highest BCUT2D eigenvalue weighted by atomic mass is 16.6. The molecule has 0 amide bonds. The van der Waals surface area contributed by atoms with E-state index < -0.39 is 0 Å². The third kappa shape index (κ3) is 2.65. The monoisotopic (exact) mass is 296 g/mol. The predicted molar refractivity (Wildman–Crippen MR) is 85.0 cm³/mol. The van der Waals surface area contributed by atoms with Crippen LogP contribution >= 0.6 is 0 Å². The Morgan fingerprint density at radius 1 is 1.18 bits per heavy atom. The molecule has 0 aliphatic rings. The number of rotatable bonds is 5. The van der Waals surface area contributed by atoms with Crippen molar-refractivity contribution in [2.75, 3.05) is 13.7 Å². The van der Waals surface area contributed by atoms with E-state index in [2.05, 4.69) is 4.98 Å². The molecule has 1 heterocycles. The number of ether oxygens (including phenoxy) is 1. The number of para-hydroxylation sites is 2. The Hall–Kier alpha value is -2.82. The molecular weight excluding hydrogens is 280 g/mol. The van der Waals surface area contributed by atoms with Crippen LogP contribution in [0.3, 0.4) is 0 Å². The number of nitrogens with one attached hydrogen (secondary N) is 1. The molecular formula is C17H16N2O3. The van der Waals surface area contributed by atoms with Crippen molar-refractivity contribution in [3.8, 4) is 5.75 Å². The predicted octanol–water partition coefficient (Wildman–Crippen LogP) is 3.59. The second-order valence-electron chi connectivity index (χ2n) is 5.12. The number of methoxy groups -OCH3 is 1. The zero-order chi connectivity index (χ0) is 15.5. The molecule has 1 N–H and O–H groups in total. The maximum Gasteiger partial charge on any atom is 0.216 e. The van der Waals surface area contributed by atoms with Gasteiger partial charge in [0.2, 0.25) is 6.54 Å². The number of hydrogen-bond acceptors (Lipinski definition) is 3. The van der Waals surface area contributed by atoms with Gasteiger partial charge in [-0.3, -0.25) is 10.1 Å². The standard InChI is InChI=1S/C17H16N2O3/c1-22-17-9-5-3-7-13(17)14(11-19(20)21)16-10-12-6-2-4-8-15(12)18-16/h2-10,14,18H,11H2,1H3/t14-/m1/s1. The lowest BCUT2D eigenvalue weighted by atomic mass is 9.95. The molecule has 0 bridgehead atoms. The van der Waals surface area contributed by atoms with E-state index in [-0.39, 0.29) is 17.4 Å². The summed E-state index contributed by atoms with van der Waals surface area (Å²) >= 11 is 0. The van der Waals surface area contributed by atoms with Gasteiger partial charge in [0.15, 0.2) is 0 Å². The Bertz CT molecular complexity index is 777. The maximum absolute atomic E-state index is 11.1. The number of nitrogens with zero attached hydrogens (tertiary/aromatic N) is 1. The van der Waals surface area contributed by atoms with E-state index in [1.54, 1.807) is 7.11 Å². The van der Waals surface area contributed by atoms with Crippen LogP contribution in [0.2, 0.25) is 0 Å². The van der Waals surface area contributed by atoms with Crippen molar-refractivity contribution in [2.24, 2.45) is 0 Å². The van der Waals surface area contributed by atoms with Gasteiger partial charge in [-0.15, -0.1) is 0 Å². The average Bonchev–Trinajstić information content (AvgIpc) is 2.96. The van der Waals surface area contributed by atoms with Crippen LogP contribution in [0.4, 0.5) is 0 Å². The summed E-state index contributed by atoms with van der Waals surface area (Å²) in [5, 5.41) is 12.2. The minimum Gasteiger partial charge on any atom is -0.496 e. The number of H-pyrrole nitrogens is 1. The fraction of sp³-hybridized carbons (Fsp3) is 0.176. The van der Waals surface area contributed by atoms with Gasteiger partial charge < -0.3 is 9.72 Å². The molecule has 1 aromatic heterocycles. The highest BCUT2D eigenvalue weighted by molar-refractivity contribution is 5.80. The molecule has 0 aliphatic heterocycles. The summed E-state index contributed by atoms with van der Waals surface area (Å²) in [6.07, 6.45) is 0. The second kappa shape index (κ2) is 5.89. The Balaban J connectivity index is 2.11. The van der Waals surface area contributed by atoms with Gasteiger partial charge in [-0.05, 0) is 23.6 Å². The number of hydrogen-bond donors (Lipinski definition) is 1. The Morgan fingerprint density at radius 2 is 1.91 bits per heavy atom. The summed E-state index contributed by atoms with van der Waals surface area (Å²) in [6, 6.07) is 17.2. The minimum atomic E-state index is -0.376. The zero-order valence-corrected chi connectivity index (χ0v) is 12.2. The summed E-state index contributed by atoms with van der Waals surface area (Å²) < 4.78 is 5.37. The normalized spacial score (nSPS) is 12.2. The molecule has 22 heavy (non-hydrogen) atoms. The summed E-state index contributed by atoms with van der Waals surface area (Å²) in [4.78, 5) is 14.1. The van der Waals surface area contributed by atoms with Crippen LogP contribution in [-0.4, -0.2) is 23.6 Å². The first-order valence-corrected chi connectivity index (χ1v) is 7.01. The van der Waals surface area contributed by atoms with Crippen LogP contribution in [-0.2, 0) is 0 Å². The van der Waals surface area contributed by atoms with E-state index in [0.29, 0.717) is 5.75 Å². The Morgan fingerprint density at radius 3 is 2.64 bits per heavy atom. The van der Waals surface area contributed by atoms with Crippen molar-refractivity contribution >= 4 is 10.9 Å². The van der Waals surface area contributed by atoms with Crippen molar-refractivity contribution in [1.82, 2.24) is 4.98 Å². The van der Waals surface area contributed by atoms with Crippen LogP contribution in [0.1, 0.15) is 17.2 Å². The van der Waals surface area contributed by atoms with E-state index in [0.717, 1.165) is 22.2 Å². The maximum atomic E-state index is 11.1. The van der Waals surface area contributed by atoms with E-state index >= 15 is 0 Å². The molecule has 0 unspecified atom stereocenters. The molecule has 0 saturated heterocycles. The topological polar surface area (TPSA) is 68.2 Å². The third-order valence-electron chi connectivity index (χ3n) is 3.77. The molecule has 1 atom stereocenters. The SMILES string of the molecule is COc1ccccc1[C@@H](C[N+](=O)[O-])c1cc2ccccc2[nH]1. The van der Waals surface area contributed by atoms with Gasteiger partial charge in [0.05, 0.1) is 13.0 Å². The molecule has 3 aromatic rings. The minimum absolute atomic E-state index is 0.187. The van der Waals surface area contributed by atoms with Crippen LogP contribution in [0.15, 0.2) is 54.6 Å². The summed E-state index contributed by atoms with van der Waals surface area (Å²) in [5.74, 6) is 0.284. The van der Waals surface area contributed by atoms with E-state index in [4.69, 9.17) is 4.74 Å². The fourth-order valence-electron chi connectivity index (χ4n) is 2.75. The van der Waals surface area contributed by atoms with Crippen LogP contribution in [0.5, 0.6) is 5.75 Å². The van der Waals surface area contributed by atoms with Gasteiger partial charge in [-0.2, -0.15) is 0 Å². The lowest BCUT2D eigenvalue weighted by Crippen LogP contribution is -2.15. The van der Waals surface area contributed by atoms with Crippen molar-refractivity contribution in [3.63, 3.8) is 0 Å². The number of aromatic amines is 1. The quantitative estimate of drug-likeness (QED) is 0.578. The van der Waals surface area contributed by atoms with Crippen molar-refractivity contribution in [3.05, 3.63) is 76.0 Å². The van der Waals surface area contributed by atoms with Crippen LogP contribution in [0.25, 0.3) is 10.9 Å². The first-order valence-electron chi connectivity index (χ1n) is 7.01. The molecule has 0 spiro atoms. The van der Waals surface area contributed by atoms with E-state index in [9.17, 15) is 10.1 Å². The lowest BCUT2D eigenvalue weighted by Gasteiger charge is -2.15. The summed E-state index contributed by atoms with van der Waals surface area (Å²) in [5.41, 5.74) is 2.61. The molecule has 112 valence electrons. The zero-order valence-electron chi connectivity index (χ0n) is 12.2. The van der Waals surface area contributed by atoms with Gasteiger partial charge in [0.1, 0.15) is 5.75 Å². The smallest absolute Gasteiger partial charge is 0.216 e. The number of aromatic nitrogens is 1. The molecule has 5 heteroatoms. The number of nitro groups is 1. The van der Waals surface area contributed by atoms with Crippen molar-refractivity contribution < 1.29 is 9.66 Å². The average molecular weight is 296 g/mol. The highest BCUT2D eigenvalue weighted by Crippen LogP contribution is 2.33. The molecule has 2 aromatic carbocycles. The molecule has 0 saturated carbocycles. The summed E-state index contributed by atoms with van der Waals surface area (Å²) in [6.45, 7) is -0.187. The Labute approximate surface area is 127 Å². The fourth-order valence-corrected chi connectivity index (χ4v) is 2.75. The van der Waals surface area contributed by atoms with Gasteiger partial charge >= 0.3 is 0 Å². The van der Waals surface area contributed by atoms with Crippen LogP contribution in [0, 0.1) is 10.1 Å². The van der Waals surface area contributed by atoms with Gasteiger partial charge in [-0.25, -0.2) is 0 Å². The lowest BCUT2D eigenvalue weighted by molar-refractivity contribution is -0.482. The molecule has 5 nitrogen and oxygen atoms in total. The molecule has 0 aliphatic carbocycles. The second-order valence-corrected chi connectivity index (χ2v) is 5.12. The first kappa shape index (κ1) is 14.1. The van der Waals surface area contributed by atoms with Gasteiger partial charge in [0, 0.05) is 21.7 Å². The molecule has 0 fully saturated rings. The number of fused-ring (bicyclic) bond motifs is 1. The number of benzene rings is 2. The largest absolute Gasteiger partial charge is 0.496 e. The van der Waals surface area contributed by atoms with Gasteiger partial charge in [0.25, 0.3) is 0 Å². The van der Waals surface area contributed by atoms with Gasteiger partial charge in [-0.1, -0.05) is 36.4 Å². The molecule has 3 rings (SSSR count). The van der Waals surface area contributed by atoms with E-state index in [1.165, 1.54) is 0 Å². The van der Waals surface area contributed by atoms with Crippen molar-refractivity contribution in [2.45, 2.75) is 5.92 Å². The third-order valence-corrected chi connectivity index (χ3v) is 3.77. The first-order chi connectivity index (χ1) is 10.7. The summed E-state index contributed by atoms with van der Waals surface area (Å²) in [7, 11) is 1.58. The Kier molecular flexibility index (Phi) is 3.78. The van der Waals surface area contributed by atoms with Crippen LogP contribution < -0.4 is 4.74 Å².